The van der Waals surface area contributed by atoms with E-state index in [1.807, 2.05) is 31.2 Å². The normalized spacial score (nSPS) is 19.4. The molecule has 0 bridgehead atoms. The number of hydrogen-bond acceptors (Lipinski definition) is 2. The van der Waals surface area contributed by atoms with Gasteiger partial charge in [0.2, 0.25) is 0 Å². The van der Waals surface area contributed by atoms with Crippen molar-refractivity contribution in [2.75, 3.05) is 25.0 Å². The summed E-state index contributed by atoms with van der Waals surface area (Å²) in [5, 5.41) is 5.92. The first-order chi connectivity index (χ1) is 10.9. The number of nitrogens with zero attached hydrogens (tertiary/aromatic N) is 1. The maximum atomic E-state index is 12.1. The molecule has 0 unspecified atom stereocenters. The Morgan fingerprint density at radius 2 is 2.00 bits per heavy atom. The summed E-state index contributed by atoms with van der Waals surface area (Å²) in [5.41, 5.74) is 2.00. The molecule has 1 aliphatic rings. The van der Waals surface area contributed by atoms with Crippen molar-refractivity contribution in [1.29, 1.82) is 0 Å². The number of benzene rings is 1. The minimum absolute atomic E-state index is 0.0154. The average Bonchev–Trinajstić information content (AvgIpc) is 2.55. The van der Waals surface area contributed by atoms with Gasteiger partial charge in [-0.2, -0.15) is 0 Å². The van der Waals surface area contributed by atoms with Crippen molar-refractivity contribution in [3.8, 4) is 0 Å². The highest BCUT2D eigenvalue weighted by molar-refractivity contribution is 5.89. The van der Waals surface area contributed by atoms with Gasteiger partial charge in [-0.1, -0.05) is 31.0 Å². The summed E-state index contributed by atoms with van der Waals surface area (Å²) in [6, 6.07) is 7.72. The Morgan fingerprint density at radius 1 is 1.30 bits per heavy atom. The molecule has 1 fully saturated rings. The molecule has 1 aliphatic heterocycles. The highest BCUT2D eigenvalue weighted by Gasteiger charge is 2.31. The predicted molar refractivity (Wildman–Crippen MR) is 96.9 cm³/mol. The molecule has 0 spiro atoms. The van der Waals surface area contributed by atoms with E-state index < -0.39 is 0 Å². The van der Waals surface area contributed by atoms with Crippen LogP contribution in [0, 0.1) is 12.8 Å². The van der Waals surface area contributed by atoms with Crippen LogP contribution in [0.25, 0.3) is 0 Å². The molecule has 4 heteroatoms. The first kappa shape index (κ1) is 17.8. The zero-order valence-corrected chi connectivity index (χ0v) is 15.0. The second-order valence-corrected chi connectivity index (χ2v) is 7.35. The number of amides is 2. The SMILES string of the molecule is CC[C@H]1CCCN(C(C)(C)CNC(=O)Nc2ccc(C)cc2)C1. The number of nitrogens with one attached hydrogen (secondary N) is 2. The molecule has 1 heterocycles. The summed E-state index contributed by atoms with van der Waals surface area (Å²) >= 11 is 0. The number of carbonyl (C=O) groups excluding carboxylic acids is 1. The van der Waals surface area contributed by atoms with Crippen molar-refractivity contribution >= 4 is 11.7 Å². The van der Waals surface area contributed by atoms with Crippen LogP contribution >= 0.6 is 0 Å². The second-order valence-electron chi connectivity index (χ2n) is 7.35. The third kappa shape index (κ3) is 5.24. The lowest BCUT2D eigenvalue weighted by atomic mass is 9.91. The fourth-order valence-corrected chi connectivity index (χ4v) is 3.17. The predicted octanol–water partition coefficient (Wildman–Crippen LogP) is 4.02. The molecule has 2 N–H and O–H groups in total. The van der Waals surface area contributed by atoms with Gasteiger partial charge in [0.15, 0.2) is 0 Å². The third-order valence-corrected chi connectivity index (χ3v) is 4.94. The second kappa shape index (κ2) is 7.82. The number of piperidine rings is 1. The van der Waals surface area contributed by atoms with Gasteiger partial charge in [-0.05, 0) is 58.2 Å². The van der Waals surface area contributed by atoms with Gasteiger partial charge in [-0.25, -0.2) is 4.79 Å². The van der Waals surface area contributed by atoms with E-state index in [-0.39, 0.29) is 11.6 Å². The topological polar surface area (TPSA) is 44.4 Å². The van der Waals surface area contributed by atoms with Crippen molar-refractivity contribution in [1.82, 2.24) is 10.2 Å². The fraction of sp³-hybridized carbons (Fsp3) is 0.632. The molecule has 23 heavy (non-hydrogen) atoms. The first-order valence-electron chi connectivity index (χ1n) is 8.77. The molecular weight excluding hydrogens is 286 g/mol. The minimum atomic E-state index is -0.133. The van der Waals surface area contributed by atoms with Crippen molar-refractivity contribution in [2.24, 2.45) is 5.92 Å². The summed E-state index contributed by atoms with van der Waals surface area (Å²) in [4.78, 5) is 14.6. The Morgan fingerprint density at radius 3 is 2.65 bits per heavy atom. The van der Waals surface area contributed by atoms with Crippen LogP contribution in [0.2, 0.25) is 0 Å². The highest BCUT2D eigenvalue weighted by atomic mass is 16.2. The molecule has 0 aromatic heterocycles. The summed E-state index contributed by atoms with van der Waals surface area (Å²) in [6.45, 7) is 11.7. The van der Waals surface area contributed by atoms with Gasteiger partial charge in [0, 0.05) is 24.3 Å². The zero-order chi connectivity index (χ0) is 16.9. The van der Waals surface area contributed by atoms with Crippen LogP contribution in [0.4, 0.5) is 10.5 Å². The van der Waals surface area contributed by atoms with E-state index in [2.05, 4.69) is 36.3 Å². The van der Waals surface area contributed by atoms with Crippen LogP contribution in [0.5, 0.6) is 0 Å². The van der Waals surface area contributed by atoms with E-state index in [0.717, 1.165) is 24.7 Å². The largest absolute Gasteiger partial charge is 0.336 e. The highest BCUT2D eigenvalue weighted by Crippen LogP contribution is 2.25. The molecule has 128 valence electrons. The van der Waals surface area contributed by atoms with Crippen LogP contribution in [0.15, 0.2) is 24.3 Å². The van der Waals surface area contributed by atoms with Crippen molar-refractivity contribution in [3.63, 3.8) is 0 Å². The number of carbonyl (C=O) groups is 1. The third-order valence-electron chi connectivity index (χ3n) is 4.94. The van der Waals surface area contributed by atoms with Crippen molar-refractivity contribution < 1.29 is 4.79 Å². The number of likely N-dealkylation sites (tertiary alicyclic amines) is 1. The summed E-state index contributed by atoms with van der Waals surface area (Å²) in [6.07, 6.45) is 3.84. The van der Waals surface area contributed by atoms with Gasteiger partial charge in [0.25, 0.3) is 0 Å². The Labute approximate surface area is 140 Å². The lowest BCUT2D eigenvalue weighted by Crippen LogP contribution is -2.55. The quantitative estimate of drug-likeness (QED) is 0.861. The monoisotopic (exact) mass is 317 g/mol. The summed E-state index contributed by atoms with van der Waals surface area (Å²) < 4.78 is 0. The van der Waals surface area contributed by atoms with Gasteiger partial charge in [-0.3, -0.25) is 4.90 Å². The Kier molecular flexibility index (Phi) is 6.05. The average molecular weight is 317 g/mol. The molecule has 1 aromatic carbocycles. The fourth-order valence-electron chi connectivity index (χ4n) is 3.17. The molecule has 0 aliphatic carbocycles. The van der Waals surface area contributed by atoms with E-state index in [1.165, 1.54) is 24.8 Å². The van der Waals surface area contributed by atoms with Gasteiger partial charge in [0.1, 0.15) is 0 Å². The number of hydrogen-bond donors (Lipinski definition) is 2. The molecule has 2 amide bonds. The molecule has 4 nitrogen and oxygen atoms in total. The molecule has 1 atom stereocenters. The van der Waals surface area contributed by atoms with Crippen LogP contribution in [0.1, 0.15) is 45.6 Å². The number of aryl methyl sites for hydroxylation is 1. The van der Waals surface area contributed by atoms with E-state index in [1.54, 1.807) is 0 Å². The van der Waals surface area contributed by atoms with Crippen molar-refractivity contribution in [3.05, 3.63) is 29.8 Å². The molecule has 0 radical (unpaired) electrons. The zero-order valence-electron chi connectivity index (χ0n) is 15.0. The maximum absolute atomic E-state index is 12.1. The smallest absolute Gasteiger partial charge is 0.319 e. The van der Waals surface area contributed by atoms with Crippen molar-refractivity contribution in [2.45, 2.75) is 52.5 Å². The van der Waals surface area contributed by atoms with E-state index in [4.69, 9.17) is 0 Å². The van der Waals surface area contributed by atoms with Crippen LogP contribution in [-0.2, 0) is 0 Å². The number of urea groups is 1. The standard InChI is InChI=1S/C19H31N3O/c1-5-16-7-6-12-22(13-16)19(3,4)14-20-18(23)21-17-10-8-15(2)9-11-17/h8-11,16H,5-7,12-14H2,1-4H3,(H2,20,21,23)/t16-/m0/s1. The van der Waals surface area contributed by atoms with Gasteiger partial charge < -0.3 is 10.6 Å². The Balaban J connectivity index is 1.83. The van der Waals surface area contributed by atoms with E-state index in [9.17, 15) is 4.79 Å². The van der Waals surface area contributed by atoms with E-state index >= 15 is 0 Å². The van der Waals surface area contributed by atoms with E-state index in [0.29, 0.717) is 6.54 Å². The molecule has 1 saturated heterocycles. The summed E-state index contributed by atoms with van der Waals surface area (Å²) in [7, 11) is 0. The van der Waals surface area contributed by atoms with Crippen LogP contribution in [-0.4, -0.2) is 36.1 Å². The summed E-state index contributed by atoms with van der Waals surface area (Å²) in [5.74, 6) is 0.796. The van der Waals surface area contributed by atoms with Gasteiger partial charge in [-0.15, -0.1) is 0 Å². The lowest BCUT2D eigenvalue weighted by molar-refractivity contribution is 0.0669. The molecule has 0 saturated carbocycles. The van der Waals surface area contributed by atoms with Crippen LogP contribution in [0.3, 0.4) is 0 Å². The van der Waals surface area contributed by atoms with Crippen LogP contribution < -0.4 is 10.6 Å². The molecular formula is C19H31N3O. The minimum Gasteiger partial charge on any atom is -0.336 e. The first-order valence-corrected chi connectivity index (χ1v) is 8.77. The maximum Gasteiger partial charge on any atom is 0.319 e. The molecule has 2 rings (SSSR count). The lowest BCUT2D eigenvalue weighted by Gasteiger charge is -2.43. The Bertz CT molecular complexity index is 510. The van der Waals surface area contributed by atoms with Gasteiger partial charge in [0.05, 0.1) is 0 Å². The molecule has 1 aromatic rings. The number of rotatable bonds is 5. The number of anilines is 1. The van der Waals surface area contributed by atoms with Gasteiger partial charge >= 0.3 is 6.03 Å². The Hall–Kier alpha value is -1.55.